The van der Waals surface area contributed by atoms with Gasteiger partial charge in [0.05, 0.1) is 0 Å². The van der Waals surface area contributed by atoms with E-state index in [1.807, 2.05) is 6.92 Å². The van der Waals surface area contributed by atoms with Crippen molar-refractivity contribution in [3.8, 4) is 0 Å². The van der Waals surface area contributed by atoms with Gasteiger partial charge in [-0.3, -0.25) is 4.79 Å². The van der Waals surface area contributed by atoms with Crippen LogP contribution >= 0.6 is 0 Å². The fourth-order valence-electron chi connectivity index (χ4n) is 2.79. The molecule has 22 heavy (non-hydrogen) atoms. The summed E-state index contributed by atoms with van der Waals surface area (Å²) in [5.74, 6) is 0.121. The molecule has 5 heteroatoms. The molecule has 1 aromatic heterocycles. The SMILES string of the molecule is CC(C)Cc1cc(C(=O)NC(C)C2=CCCCC2)nc(=O)[nH]1. The van der Waals surface area contributed by atoms with Gasteiger partial charge in [-0.05, 0) is 51.0 Å². The topological polar surface area (TPSA) is 74.8 Å². The third-order valence-corrected chi connectivity index (χ3v) is 3.89. The molecule has 2 N–H and O–H groups in total. The van der Waals surface area contributed by atoms with Crippen molar-refractivity contribution in [2.75, 3.05) is 0 Å². The molecule has 0 bridgehead atoms. The second kappa shape index (κ2) is 7.38. The molecule has 0 aromatic carbocycles. The van der Waals surface area contributed by atoms with Crippen molar-refractivity contribution < 1.29 is 4.79 Å². The molecular formula is C17H25N3O2. The van der Waals surface area contributed by atoms with Crippen LogP contribution in [0.25, 0.3) is 0 Å². The predicted molar refractivity (Wildman–Crippen MR) is 86.9 cm³/mol. The van der Waals surface area contributed by atoms with Gasteiger partial charge in [0.2, 0.25) is 0 Å². The van der Waals surface area contributed by atoms with E-state index in [0.29, 0.717) is 5.92 Å². The van der Waals surface area contributed by atoms with E-state index in [1.54, 1.807) is 6.07 Å². The van der Waals surface area contributed by atoms with Gasteiger partial charge in [0.15, 0.2) is 0 Å². The van der Waals surface area contributed by atoms with Crippen LogP contribution in [-0.2, 0) is 6.42 Å². The molecule has 0 radical (unpaired) electrons. The first-order chi connectivity index (χ1) is 10.5. The molecular weight excluding hydrogens is 278 g/mol. The number of amides is 1. The minimum atomic E-state index is -0.465. The summed E-state index contributed by atoms with van der Waals surface area (Å²) in [7, 11) is 0. The Kier molecular flexibility index (Phi) is 5.52. The second-order valence-electron chi connectivity index (χ2n) is 6.41. The third kappa shape index (κ3) is 4.55. The van der Waals surface area contributed by atoms with Crippen molar-refractivity contribution in [3.05, 3.63) is 39.6 Å². The monoisotopic (exact) mass is 303 g/mol. The number of aromatic nitrogens is 2. The Morgan fingerprint density at radius 1 is 1.36 bits per heavy atom. The molecule has 1 atom stereocenters. The number of carbonyl (C=O) groups is 1. The van der Waals surface area contributed by atoms with E-state index in [4.69, 9.17) is 0 Å². The smallest absolute Gasteiger partial charge is 0.345 e. The molecule has 1 aliphatic carbocycles. The summed E-state index contributed by atoms with van der Waals surface area (Å²) in [5, 5.41) is 2.95. The van der Waals surface area contributed by atoms with Crippen LogP contribution in [0, 0.1) is 5.92 Å². The van der Waals surface area contributed by atoms with E-state index in [1.165, 1.54) is 18.4 Å². The van der Waals surface area contributed by atoms with Crippen LogP contribution < -0.4 is 11.0 Å². The van der Waals surface area contributed by atoms with Crippen molar-refractivity contribution in [2.45, 2.75) is 58.9 Å². The number of carbonyl (C=O) groups excluding carboxylic acids is 1. The van der Waals surface area contributed by atoms with Crippen LogP contribution in [0.5, 0.6) is 0 Å². The molecule has 0 saturated carbocycles. The van der Waals surface area contributed by atoms with Gasteiger partial charge in [0.1, 0.15) is 5.69 Å². The lowest BCUT2D eigenvalue weighted by molar-refractivity contribution is 0.0939. The highest BCUT2D eigenvalue weighted by molar-refractivity contribution is 5.92. The van der Waals surface area contributed by atoms with Crippen molar-refractivity contribution in [3.63, 3.8) is 0 Å². The average Bonchev–Trinajstić information content (AvgIpc) is 2.46. The molecule has 1 unspecified atom stereocenters. The van der Waals surface area contributed by atoms with E-state index < -0.39 is 5.69 Å². The quantitative estimate of drug-likeness (QED) is 0.821. The normalized spacial score (nSPS) is 16.3. The zero-order valence-electron chi connectivity index (χ0n) is 13.6. The molecule has 1 amide bonds. The van der Waals surface area contributed by atoms with Crippen molar-refractivity contribution in [1.29, 1.82) is 0 Å². The maximum Gasteiger partial charge on any atom is 0.345 e. The lowest BCUT2D eigenvalue weighted by Crippen LogP contribution is -2.36. The number of H-pyrrole nitrogens is 1. The van der Waals surface area contributed by atoms with Crippen LogP contribution in [0.15, 0.2) is 22.5 Å². The highest BCUT2D eigenvalue weighted by Gasteiger charge is 2.17. The Bertz CT molecular complexity index is 617. The average molecular weight is 303 g/mol. The van der Waals surface area contributed by atoms with Gasteiger partial charge in [-0.15, -0.1) is 0 Å². The summed E-state index contributed by atoms with van der Waals surface area (Å²) in [6.45, 7) is 6.11. The van der Waals surface area contributed by atoms with Crippen LogP contribution in [0.2, 0.25) is 0 Å². The first-order valence-corrected chi connectivity index (χ1v) is 8.05. The van der Waals surface area contributed by atoms with E-state index in [-0.39, 0.29) is 17.6 Å². The van der Waals surface area contributed by atoms with Crippen LogP contribution in [0.1, 0.15) is 62.6 Å². The molecule has 0 saturated heterocycles. The molecule has 1 aromatic rings. The molecule has 5 nitrogen and oxygen atoms in total. The number of nitrogens with one attached hydrogen (secondary N) is 2. The molecule has 0 spiro atoms. The lowest BCUT2D eigenvalue weighted by atomic mass is 9.94. The molecule has 1 heterocycles. The minimum Gasteiger partial charge on any atom is -0.345 e. The number of nitrogens with zero attached hydrogens (tertiary/aromatic N) is 1. The lowest BCUT2D eigenvalue weighted by Gasteiger charge is -2.20. The van der Waals surface area contributed by atoms with Gasteiger partial charge < -0.3 is 10.3 Å². The highest BCUT2D eigenvalue weighted by Crippen LogP contribution is 2.20. The molecule has 0 fully saturated rings. The Morgan fingerprint density at radius 2 is 2.14 bits per heavy atom. The zero-order chi connectivity index (χ0) is 16.1. The first kappa shape index (κ1) is 16.5. The largest absolute Gasteiger partial charge is 0.345 e. The maximum absolute atomic E-state index is 12.3. The van der Waals surface area contributed by atoms with Gasteiger partial charge in [-0.2, -0.15) is 4.98 Å². The Hall–Kier alpha value is -1.91. The fraction of sp³-hybridized carbons (Fsp3) is 0.588. The van der Waals surface area contributed by atoms with Gasteiger partial charge in [-0.1, -0.05) is 25.5 Å². The standard InChI is InChI=1S/C17H25N3O2/c1-11(2)9-14-10-15(20-17(22)19-14)16(21)18-12(3)13-7-5-4-6-8-13/h7,10-12H,4-6,8-9H2,1-3H3,(H,18,21)(H,19,20,22). The Morgan fingerprint density at radius 3 is 2.77 bits per heavy atom. The summed E-state index contributed by atoms with van der Waals surface area (Å²) in [6, 6.07) is 1.67. The second-order valence-corrected chi connectivity index (χ2v) is 6.41. The van der Waals surface area contributed by atoms with Crippen molar-refractivity contribution in [1.82, 2.24) is 15.3 Å². The summed E-state index contributed by atoms with van der Waals surface area (Å²) < 4.78 is 0. The summed E-state index contributed by atoms with van der Waals surface area (Å²) in [5.41, 5.74) is 1.76. The van der Waals surface area contributed by atoms with Crippen molar-refractivity contribution >= 4 is 5.91 Å². The minimum absolute atomic E-state index is 0.0116. The summed E-state index contributed by atoms with van der Waals surface area (Å²) in [6.07, 6.45) is 7.44. The van der Waals surface area contributed by atoms with Crippen LogP contribution in [0.3, 0.4) is 0 Å². The third-order valence-electron chi connectivity index (χ3n) is 3.89. The van der Waals surface area contributed by atoms with E-state index >= 15 is 0 Å². The van der Waals surface area contributed by atoms with E-state index in [9.17, 15) is 9.59 Å². The van der Waals surface area contributed by atoms with Gasteiger partial charge in [0.25, 0.3) is 5.91 Å². The summed E-state index contributed by atoms with van der Waals surface area (Å²) >= 11 is 0. The zero-order valence-corrected chi connectivity index (χ0v) is 13.6. The van der Waals surface area contributed by atoms with Crippen LogP contribution in [-0.4, -0.2) is 21.9 Å². The van der Waals surface area contributed by atoms with Gasteiger partial charge in [-0.25, -0.2) is 4.79 Å². The molecule has 2 rings (SSSR count). The summed E-state index contributed by atoms with van der Waals surface area (Å²) in [4.78, 5) is 30.4. The first-order valence-electron chi connectivity index (χ1n) is 8.05. The molecule has 1 aliphatic rings. The van der Waals surface area contributed by atoms with Crippen LogP contribution in [0.4, 0.5) is 0 Å². The maximum atomic E-state index is 12.3. The molecule has 120 valence electrons. The fourth-order valence-corrected chi connectivity index (χ4v) is 2.79. The number of hydrogen-bond acceptors (Lipinski definition) is 3. The molecule has 0 aliphatic heterocycles. The van der Waals surface area contributed by atoms with E-state index in [2.05, 4.69) is 35.2 Å². The van der Waals surface area contributed by atoms with E-state index in [0.717, 1.165) is 25.0 Å². The Balaban J connectivity index is 2.10. The van der Waals surface area contributed by atoms with Crippen molar-refractivity contribution in [2.24, 2.45) is 5.92 Å². The number of allylic oxidation sites excluding steroid dienone is 1. The number of rotatable bonds is 5. The number of hydrogen-bond donors (Lipinski definition) is 2. The van der Waals surface area contributed by atoms with Gasteiger partial charge >= 0.3 is 5.69 Å². The highest BCUT2D eigenvalue weighted by atomic mass is 16.2. The Labute approximate surface area is 131 Å². The predicted octanol–water partition coefficient (Wildman–Crippen LogP) is 2.59. The van der Waals surface area contributed by atoms with Gasteiger partial charge in [0, 0.05) is 11.7 Å². The number of aromatic amines is 1.